The van der Waals surface area contributed by atoms with Gasteiger partial charge in [0.1, 0.15) is 5.82 Å². The molecule has 0 aliphatic heterocycles. The van der Waals surface area contributed by atoms with E-state index in [0.29, 0.717) is 23.7 Å². The summed E-state index contributed by atoms with van der Waals surface area (Å²) >= 11 is 6.30. The average molecular weight is 398 g/mol. The Hall–Kier alpha value is -2.33. The van der Waals surface area contributed by atoms with Crippen LogP contribution in [0, 0.1) is 0 Å². The fraction of sp³-hybridized carbons (Fsp3) is 0.391. The first-order valence-electron chi connectivity index (χ1n) is 10.1. The zero-order valence-corrected chi connectivity index (χ0v) is 17.5. The Bertz CT molecular complexity index is 934. The van der Waals surface area contributed by atoms with Crippen molar-refractivity contribution in [3.05, 3.63) is 64.9 Å². The van der Waals surface area contributed by atoms with Crippen molar-refractivity contribution >= 4 is 28.5 Å². The molecule has 0 spiro atoms. The minimum atomic E-state index is -0.0341. The molecule has 0 unspecified atom stereocenters. The Labute approximate surface area is 172 Å². The number of benzene rings is 2. The summed E-state index contributed by atoms with van der Waals surface area (Å²) in [7, 11) is 0. The molecule has 5 heteroatoms. The van der Waals surface area contributed by atoms with Crippen LogP contribution in [-0.2, 0) is 13.1 Å². The number of aromatic nitrogens is 2. The van der Waals surface area contributed by atoms with Crippen LogP contribution in [0.15, 0.2) is 48.5 Å². The van der Waals surface area contributed by atoms with Crippen molar-refractivity contribution in [3.63, 3.8) is 0 Å². The first-order valence-corrected chi connectivity index (χ1v) is 10.5. The van der Waals surface area contributed by atoms with Crippen molar-refractivity contribution in [1.29, 1.82) is 0 Å². The fourth-order valence-electron chi connectivity index (χ4n) is 3.39. The highest BCUT2D eigenvalue weighted by Crippen LogP contribution is 2.22. The van der Waals surface area contributed by atoms with Gasteiger partial charge in [0.2, 0.25) is 0 Å². The summed E-state index contributed by atoms with van der Waals surface area (Å²) in [5.74, 6) is 0.902. The van der Waals surface area contributed by atoms with E-state index in [1.807, 2.05) is 35.2 Å². The van der Waals surface area contributed by atoms with Crippen LogP contribution in [0.3, 0.4) is 0 Å². The number of hydrogen-bond acceptors (Lipinski definition) is 2. The number of amides is 1. The van der Waals surface area contributed by atoms with Gasteiger partial charge in [0.25, 0.3) is 5.91 Å². The average Bonchev–Trinajstić information content (AvgIpc) is 3.06. The third-order valence-electron chi connectivity index (χ3n) is 4.97. The zero-order chi connectivity index (χ0) is 19.9. The van der Waals surface area contributed by atoms with Gasteiger partial charge in [-0.05, 0) is 37.1 Å². The van der Waals surface area contributed by atoms with E-state index in [1.54, 1.807) is 12.1 Å². The van der Waals surface area contributed by atoms with Crippen molar-refractivity contribution in [2.45, 2.75) is 52.6 Å². The maximum absolute atomic E-state index is 13.2. The van der Waals surface area contributed by atoms with Crippen molar-refractivity contribution < 1.29 is 4.79 Å². The molecular formula is C23H28ClN3O. The molecule has 3 rings (SSSR count). The van der Waals surface area contributed by atoms with E-state index in [4.69, 9.17) is 16.6 Å². The third-order valence-corrected chi connectivity index (χ3v) is 5.30. The topological polar surface area (TPSA) is 38.1 Å². The Morgan fingerprint density at radius 1 is 1.04 bits per heavy atom. The largest absolute Gasteiger partial charge is 0.331 e. The van der Waals surface area contributed by atoms with Crippen molar-refractivity contribution in [2.75, 3.05) is 6.54 Å². The lowest BCUT2D eigenvalue weighted by atomic mass is 10.2. The van der Waals surface area contributed by atoms with Crippen molar-refractivity contribution in [3.8, 4) is 0 Å². The Morgan fingerprint density at radius 3 is 2.50 bits per heavy atom. The van der Waals surface area contributed by atoms with E-state index in [-0.39, 0.29) is 5.91 Å². The number of nitrogens with zero attached hydrogens (tertiary/aromatic N) is 3. The van der Waals surface area contributed by atoms with Gasteiger partial charge in [-0.1, -0.05) is 62.6 Å². The van der Waals surface area contributed by atoms with E-state index in [2.05, 4.69) is 24.5 Å². The molecule has 1 heterocycles. The van der Waals surface area contributed by atoms with Crippen LogP contribution in [0.5, 0.6) is 0 Å². The van der Waals surface area contributed by atoms with E-state index >= 15 is 0 Å². The number of rotatable bonds is 9. The number of fused-ring (bicyclic) bond motifs is 1. The minimum Gasteiger partial charge on any atom is -0.331 e. The van der Waals surface area contributed by atoms with Crippen LogP contribution < -0.4 is 0 Å². The third kappa shape index (κ3) is 4.56. The van der Waals surface area contributed by atoms with Gasteiger partial charge in [0.15, 0.2) is 0 Å². The number of aryl methyl sites for hydroxylation is 1. The molecule has 0 N–H and O–H groups in total. The van der Waals surface area contributed by atoms with Crippen LogP contribution in [-0.4, -0.2) is 26.9 Å². The molecule has 0 bridgehead atoms. The Kier molecular flexibility index (Phi) is 7.10. The van der Waals surface area contributed by atoms with E-state index < -0.39 is 0 Å². The van der Waals surface area contributed by atoms with Gasteiger partial charge in [-0.25, -0.2) is 4.98 Å². The summed E-state index contributed by atoms with van der Waals surface area (Å²) in [6.07, 6.45) is 4.18. The zero-order valence-electron chi connectivity index (χ0n) is 16.7. The molecule has 2 aromatic carbocycles. The maximum Gasteiger partial charge on any atom is 0.255 e. The molecule has 0 saturated carbocycles. The van der Waals surface area contributed by atoms with Gasteiger partial charge in [0.05, 0.1) is 28.2 Å². The highest BCUT2D eigenvalue weighted by atomic mass is 35.5. The maximum atomic E-state index is 13.2. The number of para-hydroxylation sites is 2. The second kappa shape index (κ2) is 9.74. The number of hydrogen-bond donors (Lipinski definition) is 0. The summed E-state index contributed by atoms with van der Waals surface area (Å²) in [5, 5.41) is 0.494. The minimum absolute atomic E-state index is 0.0341. The van der Waals surface area contributed by atoms with Crippen LogP contribution in [0.2, 0.25) is 5.02 Å². The molecule has 1 aromatic heterocycles. The summed E-state index contributed by atoms with van der Waals surface area (Å²) in [4.78, 5) is 20.0. The Morgan fingerprint density at radius 2 is 1.75 bits per heavy atom. The van der Waals surface area contributed by atoms with Crippen LogP contribution in [0.1, 0.15) is 55.7 Å². The van der Waals surface area contributed by atoms with Gasteiger partial charge in [-0.3, -0.25) is 4.79 Å². The van der Waals surface area contributed by atoms with E-state index in [0.717, 1.165) is 49.1 Å². The van der Waals surface area contributed by atoms with Gasteiger partial charge in [-0.15, -0.1) is 0 Å². The number of imidazole rings is 1. The van der Waals surface area contributed by atoms with Crippen LogP contribution in [0.25, 0.3) is 11.0 Å². The normalized spacial score (nSPS) is 11.1. The summed E-state index contributed by atoms with van der Waals surface area (Å²) in [6.45, 7) is 6.41. The first kappa shape index (κ1) is 20.4. The lowest BCUT2D eigenvalue weighted by molar-refractivity contribution is 0.0735. The first-order chi connectivity index (χ1) is 13.7. The summed E-state index contributed by atoms with van der Waals surface area (Å²) < 4.78 is 2.26. The molecule has 0 radical (unpaired) electrons. The lowest BCUT2D eigenvalue weighted by Crippen LogP contribution is -2.33. The van der Waals surface area contributed by atoms with E-state index in [9.17, 15) is 4.79 Å². The number of halogens is 1. The molecule has 0 aliphatic carbocycles. The quantitative estimate of drug-likeness (QED) is 0.448. The molecule has 148 valence electrons. The Balaban J connectivity index is 1.94. The van der Waals surface area contributed by atoms with Crippen LogP contribution >= 0.6 is 11.6 Å². The SMILES string of the molecule is CCCCN(Cc1nc2ccccc2n1CCCC)C(=O)c1ccccc1Cl. The van der Waals surface area contributed by atoms with Gasteiger partial charge in [-0.2, -0.15) is 0 Å². The predicted molar refractivity (Wildman–Crippen MR) is 116 cm³/mol. The van der Waals surface area contributed by atoms with Crippen LogP contribution in [0.4, 0.5) is 0 Å². The standard InChI is InChI=1S/C23H28ClN3O/c1-3-5-15-26(23(28)18-11-7-8-12-19(18)24)17-22-25-20-13-9-10-14-21(20)27(22)16-6-4-2/h7-14H,3-6,15-17H2,1-2H3. The molecule has 0 aliphatic rings. The number of unbranched alkanes of at least 4 members (excludes halogenated alkanes) is 2. The highest BCUT2D eigenvalue weighted by Gasteiger charge is 2.21. The predicted octanol–water partition coefficient (Wildman–Crippen LogP) is 5.93. The monoisotopic (exact) mass is 397 g/mol. The number of carbonyl (C=O) groups excluding carboxylic acids is 1. The summed E-state index contributed by atoms with van der Waals surface area (Å²) in [6, 6.07) is 15.5. The second-order valence-corrected chi connectivity index (χ2v) is 7.49. The van der Waals surface area contributed by atoms with E-state index in [1.165, 1.54) is 0 Å². The number of carbonyl (C=O) groups is 1. The molecule has 0 fully saturated rings. The molecule has 0 atom stereocenters. The van der Waals surface area contributed by atoms with Gasteiger partial charge >= 0.3 is 0 Å². The summed E-state index contributed by atoms with van der Waals surface area (Å²) in [5.41, 5.74) is 2.66. The highest BCUT2D eigenvalue weighted by molar-refractivity contribution is 6.33. The van der Waals surface area contributed by atoms with Crippen molar-refractivity contribution in [2.24, 2.45) is 0 Å². The molecule has 3 aromatic rings. The molecule has 4 nitrogen and oxygen atoms in total. The van der Waals surface area contributed by atoms with Gasteiger partial charge in [0, 0.05) is 13.1 Å². The van der Waals surface area contributed by atoms with Crippen molar-refractivity contribution in [1.82, 2.24) is 14.5 Å². The lowest BCUT2D eigenvalue weighted by Gasteiger charge is -2.23. The molecular weight excluding hydrogens is 370 g/mol. The fourth-order valence-corrected chi connectivity index (χ4v) is 3.61. The van der Waals surface area contributed by atoms with Gasteiger partial charge < -0.3 is 9.47 Å². The molecule has 1 amide bonds. The molecule has 0 saturated heterocycles. The second-order valence-electron chi connectivity index (χ2n) is 7.08. The smallest absolute Gasteiger partial charge is 0.255 e. The molecule has 28 heavy (non-hydrogen) atoms.